The number of fused-ring (bicyclic) bond motifs is 1. The van der Waals surface area contributed by atoms with E-state index >= 15 is 0 Å². The number of amides is 1. The number of aromatic amines is 1. The van der Waals surface area contributed by atoms with Gasteiger partial charge < -0.3 is 10.3 Å². The molecule has 0 radical (unpaired) electrons. The fraction of sp³-hybridized carbons (Fsp3) is 0. The molecule has 0 unspecified atom stereocenters. The number of aliphatic imine (C=N–C) groups is 1. The summed E-state index contributed by atoms with van der Waals surface area (Å²) in [5.41, 5.74) is 2.53. The number of para-hydroxylation sites is 2. The van der Waals surface area contributed by atoms with Crippen molar-refractivity contribution >= 4 is 57.5 Å². The van der Waals surface area contributed by atoms with Crippen LogP contribution in [0.3, 0.4) is 0 Å². The van der Waals surface area contributed by atoms with E-state index in [-0.39, 0.29) is 5.91 Å². The van der Waals surface area contributed by atoms with Gasteiger partial charge in [0.25, 0.3) is 5.91 Å². The zero-order chi connectivity index (χ0) is 16.5. The molecule has 0 spiro atoms. The van der Waals surface area contributed by atoms with Crippen LogP contribution in [-0.4, -0.2) is 21.0 Å². The third-order valence-corrected chi connectivity index (χ3v) is 4.68. The molecule has 1 saturated heterocycles. The van der Waals surface area contributed by atoms with E-state index in [4.69, 9.17) is 11.6 Å². The summed E-state index contributed by atoms with van der Waals surface area (Å²) in [5, 5.41) is 3.82. The smallest absolute Gasteiger partial charge is 0.264 e. The standard InChI is InChI=1S/C17H11ClN4OS/c18-11-6-2-1-5-10(11)9-14-15(23)21-17(24-14)22-16-19-12-7-3-4-8-13(12)20-16/h1-9H,(H2,19,20,21,22,23)/b14-9-. The fourth-order valence-electron chi connectivity index (χ4n) is 2.30. The molecule has 2 N–H and O–H groups in total. The largest absolute Gasteiger partial charge is 0.322 e. The van der Waals surface area contributed by atoms with Gasteiger partial charge in [-0.2, -0.15) is 4.99 Å². The van der Waals surface area contributed by atoms with E-state index in [2.05, 4.69) is 20.3 Å². The predicted octanol–water partition coefficient (Wildman–Crippen LogP) is 4.11. The van der Waals surface area contributed by atoms with Crippen LogP contribution in [0, 0.1) is 0 Å². The number of halogens is 1. The van der Waals surface area contributed by atoms with Gasteiger partial charge >= 0.3 is 0 Å². The lowest BCUT2D eigenvalue weighted by atomic mass is 10.2. The first-order valence-corrected chi connectivity index (χ1v) is 8.37. The van der Waals surface area contributed by atoms with Crippen LogP contribution in [0.2, 0.25) is 5.02 Å². The monoisotopic (exact) mass is 354 g/mol. The number of H-pyrrole nitrogens is 1. The number of benzene rings is 2. The number of carbonyl (C=O) groups excluding carboxylic acids is 1. The van der Waals surface area contributed by atoms with Crippen molar-refractivity contribution in [3.63, 3.8) is 0 Å². The van der Waals surface area contributed by atoms with Gasteiger partial charge in [0.2, 0.25) is 5.95 Å². The van der Waals surface area contributed by atoms with Crippen LogP contribution in [0.4, 0.5) is 5.95 Å². The summed E-state index contributed by atoms with van der Waals surface area (Å²) >= 11 is 7.39. The highest BCUT2D eigenvalue weighted by Crippen LogP contribution is 2.29. The van der Waals surface area contributed by atoms with Crippen LogP contribution in [0.5, 0.6) is 0 Å². The number of amidine groups is 1. The van der Waals surface area contributed by atoms with Gasteiger partial charge in [-0.1, -0.05) is 41.9 Å². The van der Waals surface area contributed by atoms with Gasteiger partial charge in [0.15, 0.2) is 5.17 Å². The lowest BCUT2D eigenvalue weighted by Crippen LogP contribution is -2.19. The normalized spacial score (nSPS) is 17.8. The minimum atomic E-state index is -0.199. The van der Waals surface area contributed by atoms with Gasteiger partial charge in [0.1, 0.15) is 0 Å². The Morgan fingerprint density at radius 3 is 2.75 bits per heavy atom. The van der Waals surface area contributed by atoms with Gasteiger partial charge in [0.05, 0.1) is 15.9 Å². The summed E-state index contributed by atoms with van der Waals surface area (Å²) in [7, 11) is 0. The Morgan fingerprint density at radius 2 is 1.92 bits per heavy atom. The first-order valence-electron chi connectivity index (χ1n) is 7.18. The number of rotatable bonds is 2. The van der Waals surface area contributed by atoms with Crippen LogP contribution in [0.1, 0.15) is 5.56 Å². The number of thioether (sulfide) groups is 1. The molecule has 2 aromatic carbocycles. The lowest BCUT2D eigenvalue weighted by Gasteiger charge is -1.97. The average Bonchev–Trinajstić information content (AvgIpc) is 3.12. The maximum atomic E-state index is 12.1. The van der Waals surface area contributed by atoms with Crippen LogP contribution < -0.4 is 5.32 Å². The highest BCUT2D eigenvalue weighted by molar-refractivity contribution is 8.18. The van der Waals surface area contributed by atoms with E-state index in [0.29, 0.717) is 21.0 Å². The molecule has 118 valence electrons. The molecule has 0 saturated carbocycles. The Bertz CT molecular complexity index is 976. The zero-order valence-corrected chi connectivity index (χ0v) is 13.9. The summed E-state index contributed by atoms with van der Waals surface area (Å²) < 4.78 is 0. The van der Waals surface area contributed by atoms with E-state index < -0.39 is 0 Å². The second-order valence-corrected chi connectivity index (χ2v) is 6.52. The summed E-state index contributed by atoms with van der Waals surface area (Å²) in [6.07, 6.45) is 1.75. The maximum Gasteiger partial charge on any atom is 0.264 e. The second kappa shape index (κ2) is 6.14. The molecule has 3 aromatic rings. The molecule has 1 aromatic heterocycles. The van der Waals surface area contributed by atoms with Crippen molar-refractivity contribution in [3.8, 4) is 0 Å². The molecule has 2 heterocycles. The molecule has 0 aliphatic carbocycles. The quantitative estimate of drug-likeness (QED) is 0.680. The number of nitrogens with zero attached hydrogens (tertiary/aromatic N) is 2. The summed E-state index contributed by atoms with van der Waals surface area (Å²) in [4.78, 5) is 24.5. The van der Waals surface area contributed by atoms with Crippen molar-refractivity contribution in [3.05, 3.63) is 64.0 Å². The number of aromatic nitrogens is 2. The SMILES string of the molecule is O=C1N/C(=N/c2nc3ccccc3[nH]2)S/C1=C\c1ccccc1Cl. The van der Waals surface area contributed by atoms with Gasteiger partial charge in [-0.25, -0.2) is 4.98 Å². The Kier molecular flexibility index (Phi) is 3.84. The minimum Gasteiger partial charge on any atom is -0.322 e. The van der Waals surface area contributed by atoms with Crippen molar-refractivity contribution < 1.29 is 4.79 Å². The van der Waals surface area contributed by atoms with E-state index in [1.54, 1.807) is 12.1 Å². The molecule has 1 fully saturated rings. The molecule has 24 heavy (non-hydrogen) atoms. The van der Waals surface area contributed by atoms with E-state index in [9.17, 15) is 4.79 Å². The van der Waals surface area contributed by atoms with Crippen molar-refractivity contribution in [2.24, 2.45) is 4.99 Å². The van der Waals surface area contributed by atoms with Crippen LogP contribution in [0.25, 0.3) is 17.1 Å². The fourth-order valence-corrected chi connectivity index (χ4v) is 3.31. The first-order chi connectivity index (χ1) is 11.7. The number of carbonyl (C=O) groups is 1. The first kappa shape index (κ1) is 15.0. The molecule has 0 bridgehead atoms. The van der Waals surface area contributed by atoms with Crippen LogP contribution >= 0.6 is 23.4 Å². The van der Waals surface area contributed by atoms with Crippen molar-refractivity contribution in [2.45, 2.75) is 0 Å². The summed E-state index contributed by atoms with van der Waals surface area (Å²) in [5.74, 6) is 0.257. The van der Waals surface area contributed by atoms with Gasteiger partial charge in [-0.15, -0.1) is 0 Å². The highest BCUT2D eigenvalue weighted by atomic mass is 35.5. The van der Waals surface area contributed by atoms with E-state index in [0.717, 1.165) is 16.6 Å². The number of nitrogens with one attached hydrogen (secondary N) is 2. The highest BCUT2D eigenvalue weighted by Gasteiger charge is 2.24. The molecule has 0 atom stereocenters. The Balaban J connectivity index is 1.62. The summed E-state index contributed by atoms with van der Waals surface area (Å²) in [6.45, 7) is 0. The average molecular weight is 355 g/mol. The third kappa shape index (κ3) is 2.93. The van der Waals surface area contributed by atoms with Crippen LogP contribution in [0.15, 0.2) is 58.4 Å². The van der Waals surface area contributed by atoms with Gasteiger partial charge in [-0.3, -0.25) is 4.79 Å². The van der Waals surface area contributed by atoms with Crippen LogP contribution in [-0.2, 0) is 4.79 Å². The number of imidazole rings is 1. The molecular formula is C17H11ClN4OS. The topological polar surface area (TPSA) is 70.1 Å². The molecule has 1 aliphatic heterocycles. The molecule has 5 nitrogen and oxygen atoms in total. The Labute approximate surface area is 146 Å². The Morgan fingerprint density at radius 1 is 1.12 bits per heavy atom. The molecular weight excluding hydrogens is 344 g/mol. The summed E-state index contributed by atoms with van der Waals surface area (Å²) in [6, 6.07) is 15.0. The minimum absolute atomic E-state index is 0.199. The molecule has 1 aliphatic rings. The molecule has 7 heteroatoms. The molecule has 1 amide bonds. The van der Waals surface area contributed by atoms with Gasteiger partial charge in [-0.05, 0) is 41.6 Å². The lowest BCUT2D eigenvalue weighted by molar-refractivity contribution is -0.115. The van der Waals surface area contributed by atoms with Crippen molar-refractivity contribution in [2.75, 3.05) is 0 Å². The Hall–Kier alpha value is -2.57. The van der Waals surface area contributed by atoms with Crippen molar-refractivity contribution in [1.29, 1.82) is 0 Å². The van der Waals surface area contributed by atoms with Gasteiger partial charge in [0, 0.05) is 5.02 Å². The second-order valence-electron chi connectivity index (χ2n) is 5.08. The van der Waals surface area contributed by atoms with E-state index in [1.807, 2.05) is 42.5 Å². The third-order valence-electron chi connectivity index (χ3n) is 3.43. The predicted molar refractivity (Wildman–Crippen MR) is 98.4 cm³/mol. The van der Waals surface area contributed by atoms with E-state index in [1.165, 1.54) is 11.8 Å². The number of hydrogen-bond donors (Lipinski definition) is 2. The maximum absolute atomic E-state index is 12.1. The molecule has 4 rings (SSSR count). The van der Waals surface area contributed by atoms with Crippen molar-refractivity contribution in [1.82, 2.24) is 15.3 Å². The number of hydrogen-bond acceptors (Lipinski definition) is 4. The zero-order valence-electron chi connectivity index (χ0n) is 12.3.